The fourth-order valence-corrected chi connectivity index (χ4v) is 8.36. The first-order chi connectivity index (χ1) is 12.4. The van der Waals surface area contributed by atoms with Crippen LogP contribution in [0.2, 0.25) is 0 Å². The third kappa shape index (κ3) is 3.20. The normalized spacial score (nSPS) is 49.8. The Hall–Kier alpha value is 0.325. The Balaban J connectivity index is 0.000000948. The van der Waals surface area contributed by atoms with Gasteiger partial charge in [-0.2, -0.15) is 0 Å². The van der Waals surface area contributed by atoms with Gasteiger partial charge in [-0.3, -0.25) is 0 Å². The summed E-state index contributed by atoms with van der Waals surface area (Å²) >= 11 is 0.362. The molecule has 1 saturated heterocycles. The first kappa shape index (κ1) is 21.0. The molecule has 3 N–H and O–H groups in total. The van der Waals surface area contributed by atoms with Crippen LogP contribution < -0.4 is 8.40 Å². The van der Waals surface area contributed by atoms with Crippen molar-refractivity contribution in [3.63, 3.8) is 0 Å². The van der Waals surface area contributed by atoms with Gasteiger partial charge in [0.1, 0.15) is 0 Å². The quantitative estimate of drug-likeness (QED) is 0.439. The molecule has 26 heavy (non-hydrogen) atoms. The number of aliphatic hydroxyl groups is 1. The van der Waals surface area contributed by atoms with E-state index >= 15 is 0 Å². The van der Waals surface area contributed by atoms with Gasteiger partial charge >= 0.3 is 163 Å². The number of carbonyl (C=O) groups is 1. The van der Waals surface area contributed by atoms with E-state index in [2.05, 4.69) is 22.2 Å². The second kappa shape index (κ2) is 7.98. The van der Waals surface area contributed by atoms with E-state index in [1.807, 2.05) is 13.8 Å². The molecule has 3 aliphatic carbocycles. The maximum atomic E-state index is 12.5. The van der Waals surface area contributed by atoms with Gasteiger partial charge in [0.2, 0.25) is 0 Å². The molecule has 5 heteroatoms. The van der Waals surface area contributed by atoms with Crippen molar-refractivity contribution in [3.8, 4) is 0 Å². The van der Waals surface area contributed by atoms with E-state index in [1.54, 1.807) is 0 Å². The van der Waals surface area contributed by atoms with Crippen molar-refractivity contribution in [3.05, 3.63) is 0 Å². The number of rotatable bonds is 1. The third-order valence-electron chi connectivity index (χ3n) is 8.71. The summed E-state index contributed by atoms with van der Waals surface area (Å²) in [5, 5.41) is 13.5. The summed E-state index contributed by atoms with van der Waals surface area (Å²) < 4.78 is 3.11. The van der Waals surface area contributed by atoms with E-state index in [4.69, 9.17) is 0 Å². The fraction of sp³-hybridized carbons (Fsp3) is 0.952. The molecule has 4 fully saturated rings. The summed E-state index contributed by atoms with van der Waals surface area (Å²) in [6.45, 7) is 8.90. The van der Waals surface area contributed by atoms with Gasteiger partial charge in [0.05, 0.1) is 0 Å². The third-order valence-corrected chi connectivity index (χ3v) is 10.1. The number of amides is 1. The average molecular weight is 550 g/mol. The van der Waals surface area contributed by atoms with E-state index in [0.717, 1.165) is 37.0 Å². The van der Waals surface area contributed by atoms with Crippen molar-refractivity contribution < 1.29 is 36.3 Å². The molecule has 4 nitrogen and oxygen atoms in total. The van der Waals surface area contributed by atoms with Gasteiger partial charge in [-0.25, -0.2) is 0 Å². The molecule has 1 heterocycles. The van der Waals surface area contributed by atoms with Crippen LogP contribution >= 0.6 is 0 Å². The van der Waals surface area contributed by atoms with Crippen LogP contribution in [-0.4, -0.2) is 23.3 Å². The summed E-state index contributed by atoms with van der Waals surface area (Å²) in [5.74, 6) is 2.91. The Morgan fingerprint density at radius 2 is 1.65 bits per heavy atom. The van der Waals surface area contributed by atoms with Gasteiger partial charge in [-0.1, -0.05) is 13.8 Å². The Labute approximate surface area is 176 Å². The van der Waals surface area contributed by atoms with Gasteiger partial charge in [0, 0.05) is 0 Å². The van der Waals surface area contributed by atoms with Crippen LogP contribution in [0.3, 0.4) is 0 Å². The SMILES string of the molecule is CC.CC12CCC(O)NC1CCC1C2CCC2(C)C(C(=O)[NH][Hg])CCC12. The van der Waals surface area contributed by atoms with Crippen molar-refractivity contribution in [2.75, 3.05) is 0 Å². The van der Waals surface area contributed by atoms with Gasteiger partial charge in [-0.15, -0.1) is 0 Å². The zero-order valence-corrected chi connectivity index (χ0v) is 22.7. The molecule has 0 aromatic heterocycles. The number of aliphatic hydroxyl groups excluding tert-OH is 1. The first-order valence-corrected chi connectivity index (χ1v) is 13.7. The zero-order chi connectivity index (χ0) is 19.1. The first-order valence-electron chi connectivity index (χ1n) is 10.9. The Kier molecular flexibility index (Phi) is 6.46. The molecule has 8 atom stereocenters. The summed E-state index contributed by atoms with van der Waals surface area (Å²) in [6, 6.07) is 0.483. The van der Waals surface area contributed by atoms with E-state index < -0.39 is 0 Å². The molecule has 1 amide bonds. The second-order valence-electron chi connectivity index (χ2n) is 9.45. The molecular weight excluding hydrogens is 513 g/mol. The average Bonchev–Trinajstić information content (AvgIpc) is 3.00. The monoisotopic (exact) mass is 551 g/mol. The van der Waals surface area contributed by atoms with Crippen molar-refractivity contribution in [2.24, 2.45) is 34.5 Å². The summed E-state index contributed by atoms with van der Waals surface area (Å²) in [7, 11) is 0. The number of carbonyl (C=O) groups excluding carboxylic acids is 1. The molecular formula is C21H37HgN2O2. The standard InChI is InChI=1S/C19H32N2O2.C2H6.Hg/c1-18-9-7-13-11(12(18)4-5-14(18)17(20)23)3-6-15-19(13,2)10-8-16(22)21-15;1-2;/h11-16,21-22H,3-10H2,1-2H3,(H2,20,23);1-2H3;/q;;+1/p-1. The molecule has 0 spiro atoms. The minimum atomic E-state index is -0.302. The Morgan fingerprint density at radius 1 is 1.00 bits per heavy atom. The number of fused-ring (bicyclic) bond motifs is 5. The van der Waals surface area contributed by atoms with Gasteiger partial charge in [0.15, 0.2) is 0 Å². The van der Waals surface area contributed by atoms with Crippen molar-refractivity contribution in [1.82, 2.24) is 8.40 Å². The Morgan fingerprint density at radius 3 is 2.35 bits per heavy atom. The second-order valence-corrected chi connectivity index (χ2v) is 10.8. The molecule has 4 aliphatic rings. The number of hydrogen-bond donors (Lipinski definition) is 3. The molecule has 3 saturated carbocycles. The van der Waals surface area contributed by atoms with Gasteiger partial charge in [-0.05, 0) is 0 Å². The summed E-state index contributed by atoms with van der Waals surface area (Å²) in [4.78, 5) is 12.5. The fourth-order valence-electron chi connectivity index (χ4n) is 7.41. The maximum absolute atomic E-state index is 12.5. The van der Waals surface area contributed by atoms with Gasteiger partial charge in [0.25, 0.3) is 0 Å². The molecule has 0 aromatic rings. The topological polar surface area (TPSA) is 61.4 Å². The van der Waals surface area contributed by atoms with Gasteiger partial charge < -0.3 is 0 Å². The number of piperidine rings is 1. The van der Waals surface area contributed by atoms with Crippen LogP contribution in [0.15, 0.2) is 0 Å². The van der Waals surface area contributed by atoms with Crippen molar-refractivity contribution >= 4 is 5.91 Å². The molecule has 0 radical (unpaired) electrons. The molecule has 145 valence electrons. The van der Waals surface area contributed by atoms with Crippen molar-refractivity contribution in [1.29, 1.82) is 0 Å². The molecule has 1 aliphatic heterocycles. The minimum absolute atomic E-state index is 0.232. The van der Waals surface area contributed by atoms with E-state index in [9.17, 15) is 9.90 Å². The zero-order valence-electron chi connectivity index (χ0n) is 17.2. The van der Waals surface area contributed by atoms with Crippen LogP contribution in [0.25, 0.3) is 0 Å². The summed E-state index contributed by atoms with van der Waals surface area (Å²) in [5.41, 5.74) is 0.569. The van der Waals surface area contributed by atoms with E-state index in [1.165, 1.54) is 32.1 Å². The van der Waals surface area contributed by atoms with Crippen molar-refractivity contribution in [2.45, 2.75) is 91.3 Å². The van der Waals surface area contributed by atoms with E-state index in [-0.39, 0.29) is 17.6 Å². The summed E-state index contributed by atoms with van der Waals surface area (Å²) in [6.07, 6.45) is 9.07. The molecule has 4 rings (SSSR count). The Bertz CT molecular complexity index is 530. The number of nitrogens with one attached hydrogen (secondary N) is 2. The molecule has 8 unspecified atom stereocenters. The van der Waals surface area contributed by atoms with Crippen LogP contribution in [0.4, 0.5) is 0 Å². The predicted molar refractivity (Wildman–Crippen MR) is 99.5 cm³/mol. The van der Waals surface area contributed by atoms with Crippen LogP contribution in [0.1, 0.15) is 79.1 Å². The predicted octanol–water partition coefficient (Wildman–Crippen LogP) is 3.52. The molecule has 0 aromatic carbocycles. The number of hydrogen-bond acceptors (Lipinski definition) is 3. The van der Waals surface area contributed by atoms with Crippen LogP contribution in [0, 0.1) is 34.5 Å². The van der Waals surface area contributed by atoms with Crippen LogP contribution in [-0.2, 0) is 31.2 Å². The van der Waals surface area contributed by atoms with Crippen LogP contribution in [0.5, 0.6) is 0 Å². The van der Waals surface area contributed by atoms with E-state index in [0.29, 0.717) is 43.8 Å². The molecule has 0 bridgehead atoms.